The summed E-state index contributed by atoms with van der Waals surface area (Å²) < 4.78 is 0. The number of aryl methyl sites for hydroxylation is 1. The van der Waals surface area contributed by atoms with Crippen molar-refractivity contribution in [2.24, 2.45) is 17.8 Å². The molecule has 0 aliphatic heterocycles. The summed E-state index contributed by atoms with van der Waals surface area (Å²) in [6.45, 7) is 6.26. The molecule has 0 bridgehead atoms. The third-order valence-corrected chi connectivity index (χ3v) is 6.86. The van der Waals surface area contributed by atoms with Crippen LogP contribution in [0.25, 0.3) is 0 Å². The van der Waals surface area contributed by atoms with Crippen LogP contribution in [0, 0.1) is 17.8 Å². The van der Waals surface area contributed by atoms with Gasteiger partial charge in [-0.15, -0.1) is 6.58 Å². The monoisotopic (exact) mass is 324 g/mol. The highest BCUT2D eigenvalue weighted by molar-refractivity contribution is 5.26. The van der Waals surface area contributed by atoms with Crippen molar-refractivity contribution in [3.8, 4) is 0 Å². The van der Waals surface area contributed by atoms with Gasteiger partial charge in [-0.1, -0.05) is 43.7 Å². The van der Waals surface area contributed by atoms with Gasteiger partial charge in [-0.05, 0) is 99.0 Å². The summed E-state index contributed by atoms with van der Waals surface area (Å²) in [4.78, 5) is 0. The lowest BCUT2D eigenvalue weighted by molar-refractivity contribution is 0.171. The van der Waals surface area contributed by atoms with Crippen molar-refractivity contribution in [2.45, 2.75) is 83.5 Å². The summed E-state index contributed by atoms with van der Waals surface area (Å²) in [5.41, 5.74) is 3.12. The third-order valence-electron chi connectivity index (χ3n) is 6.86. The van der Waals surface area contributed by atoms with E-state index >= 15 is 0 Å². The topological polar surface area (TPSA) is 0 Å². The molecule has 2 aliphatic rings. The first-order valence-corrected chi connectivity index (χ1v) is 10.5. The second-order valence-electron chi connectivity index (χ2n) is 8.37. The summed E-state index contributed by atoms with van der Waals surface area (Å²) in [5.74, 6) is 3.66. The van der Waals surface area contributed by atoms with E-state index in [0.717, 1.165) is 23.7 Å². The van der Waals surface area contributed by atoms with Crippen LogP contribution >= 0.6 is 0 Å². The maximum Gasteiger partial charge on any atom is -0.0162 e. The molecule has 1 aromatic carbocycles. The summed E-state index contributed by atoms with van der Waals surface area (Å²) >= 11 is 0. The fourth-order valence-electron chi connectivity index (χ4n) is 5.11. The van der Waals surface area contributed by atoms with Crippen LogP contribution < -0.4 is 0 Å². The molecular weight excluding hydrogens is 288 g/mol. The Hall–Kier alpha value is -1.04. The molecule has 3 rings (SSSR count). The lowest BCUT2D eigenvalue weighted by atomic mass is 9.68. The maximum absolute atomic E-state index is 3.99. The fourth-order valence-corrected chi connectivity index (χ4v) is 5.11. The van der Waals surface area contributed by atoms with Gasteiger partial charge in [-0.25, -0.2) is 0 Å². The number of allylic oxidation sites excluding steroid dienone is 1. The number of hydrogen-bond donors (Lipinski definition) is 0. The first-order chi connectivity index (χ1) is 11.8. The minimum Gasteiger partial charge on any atom is -0.103 e. The molecule has 0 N–H and O–H groups in total. The Labute approximate surface area is 149 Å². The molecule has 2 aliphatic carbocycles. The SMILES string of the molecule is C=CC1CCC(C2CCC(c3ccc(CCCC)cc3)CC2)CC1. The quantitative estimate of drug-likeness (QED) is 0.482. The molecule has 0 aromatic heterocycles. The van der Waals surface area contributed by atoms with Crippen molar-refractivity contribution >= 4 is 0 Å². The number of unbranched alkanes of at least 4 members (excludes halogenated alkanes) is 1. The van der Waals surface area contributed by atoms with Crippen molar-refractivity contribution in [3.63, 3.8) is 0 Å². The molecule has 0 heteroatoms. The minimum absolute atomic E-state index is 0.809. The number of rotatable bonds is 6. The molecule has 1 aromatic rings. The summed E-state index contributed by atoms with van der Waals surface area (Å²) in [6.07, 6.45) is 17.5. The molecule has 0 unspecified atom stereocenters. The smallest absolute Gasteiger partial charge is 0.0162 e. The van der Waals surface area contributed by atoms with E-state index in [2.05, 4.69) is 43.8 Å². The van der Waals surface area contributed by atoms with E-state index in [0.29, 0.717) is 0 Å². The Balaban J connectivity index is 1.47. The minimum atomic E-state index is 0.809. The van der Waals surface area contributed by atoms with Gasteiger partial charge in [-0.2, -0.15) is 0 Å². The molecule has 0 radical (unpaired) electrons. The van der Waals surface area contributed by atoms with Crippen LogP contribution in [-0.4, -0.2) is 0 Å². The molecule has 0 nitrogen and oxygen atoms in total. The predicted molar refractivity (Wildman–Crippen MR) is 105 cm³/mol. The normalized spacial score (nSPS) is 30.9. The molecular formula is C24H36. The van der Waals surface area contributed by atoms with Gasteiger partial charge in [0.2, 0.25) is 0 Å². The Kier molecular flexibility index (Phi) is 6.58. The van der Waals surface area contributed by atoms with E-state index in [1.54, 1.807) is 5.56 Å². The Morgan fingerprint density at radius 3 is 2.00 bits per heavy atom. The maximum atomic E-state index is 3.99. The van der Waals surface area contributed by atoms with Crippen LogP contribution in [0.3, 0.4) is 0 Å². The second kappa shape index (κ2) is 8.88. The molecule has 2 fully saturated rings. The lowest BCUT2D eigenvalue weighted by Gasteiger charge is -2.37. The van der Waals surface area contributed by atoms with Crippen LogP contribution in [-0.2, 0) is 6.42 Å². The highest BCUT2D eigenvalue weighted by Crippen LogP contribution is 2.44. The van der Waals surface area contributed by atoms with Gasteiger partial charge in [-0.3, -0.25) is 0 Å². The zero-order valence-corrected chi connectivity index (χ0v) is 15.7. The summed E-state index contributed by atoms with van der Waals surface area (Å²) in [7, 11) is 0. The van der Waals surface area contributed by atoms with Gasteiger partial charge >= 0.3 is 0 Å². The van der Waals surface area contributed by atoms with E-state index in [9.17, 15) is 0 Å². The lowest BCUT2D eigenvalue weighted by Crippen LogP contribution is -2.25. The van der Waals surface area contributed by atoms with Gasteiger partial charge < -0.3 is 0 Å². The van der Waals surface area contributed by atoms with Crippen LogP contribution in [0.2, 0.25) is 0 Å². The van der Waals surface area contributed by atoms with Crippen LogP contribution in [0.15, 0.2) is 36.9 Å². The van der Waals surface area contributed by atoms with E-state index in [4.69, 9.17) is 0 Å². The molecule has 0 heterocycles. The van der Waals surface area contributed by atoms with Crippen molar-refractivity contribution in [1.29, 1.82) is 0 Å². The van der Waals surface area contributed by atoms with Crippen molar-refractivity contribution in [1.82, 2.24) is 0 Å². The van der Waals surface area contributed by atoms with Crippen molar-refractivity contribution in [2.75, 3.05) is 0 Å². The van der Waals surface area contributed by atoms with Crippen molar-refractivity contribution in [3.05, 3.63) is 48.0 Å². The highest BCUT2D eigenvalue weighted by Gasteiger charge is 2.30. The molecule has 132 valence electrons. The summed E-state index contributed by atoms with van der Waals surface area (Å²) in [6, 6.07) is 9.61. The predicted octanol–water partition coefficient (Wildman–Crippen LogP) is 7.30. The van der Waals surface area contributed by atoms with Gasteiger partial charge in [0.15, 0.2) is 0 Å². The van der Waals surface area contributed by atoms with Gasteiger partial charge in [0.05, 0.1) is 0 Å². The highest BCUT2D eigenvalue weighted by atomic mass is 14.4. The standard InChI is InChI=1S/C24H36/c1-3-5-6-20-9-13-22(14-10-20)24-17-15-23(16-18-24)21-11-7-19(4-2)8-12-21/h4,9-10,13-14,19,21,23-24H,2-3,5-8,11-12,15-18H2,1H3. The second-order valence-corrected chi connectivity index (χ2v) is 8.37. The van der Waals surface area contributed by atoms with Gasteiger partial charge in [0.25, 0.3) is 0 Å². The average Bonchev–Trinajstić information content (AvgIpc) is 2.67. The van der Waals surface area contributed by atoms with E-state index in [1.165, 1.54) is 76.2 Å². The van der Waals surface area contributed by atoms with E-state index in [-0.39, 0.29) is 0 Å². The first kappa shape index (κ1) is 17.8. The summed E-state index contributed by atoms with van der Waals surface area (Å²) in [5, 5.41) is 0. The number of hydrogen-bond acceptors (Lipinski definition) is 0. The molecule has 0 amide bonds. The molecule has 0 saturated heterocycles. The molecule has 2 saturated carbocycles. The van der Waals surface area contributed by atoms with Gasteiger partial charge in [0, 0.05) is 0 Å². The fraction of sp³-hybridized carbons (Fsp3) is 0.667. The van der Waals surface area contributed by atoms with Crippen LogP contribution in [0.4, 0.5) is 0 Å². The molecule has 0 spiro atoms. The Bertz CT molecular complexity index is 481. The zero-order chi connectivity index (χ0) is 16.8. The van der Waals surface area contributed by atoms with Crippen molar-refractivity contribution < 1.29 is 0 Å². The largest absolute Gasteiger partial charge is 0.103 e. The van der Waals surface area contributed by atoms with Gasteiger partial charge in [0.1, 0.15) is 0 Å². The first-order valence-electron chi connectivity index (χ1n) is 10.5. The zero-order valence-electron chi connectivity index (χ0n) is 15.7. The molecule has 0 atom stereocenters. The van der Waals surface area contributed by atoms with E-state index < -0.39 is 0 Å². The number of benzene rings is 1. The molecule has 24 heavy (non-hydrogen) atoms. The van der Waals surface area contributed by atoms with Crippen LogP contribution in [0.5, 0.6) is 0 Å². The van der Waals surface area contributed by atoms with Crippen LogP contribution in [0.1, 0.15) is 88.2 Å². The Morgan fingerprint density at radius 1 is 0.875 bits per heavy atom. The average molecular weight is 325 g/mol. The van der Waals surface area contributed by atoms with E-state index in [1.807, 2.05) is 0 Å². The third kappa shape index (κ3) is 4.52. The Morgan fingerprint density at radius 2 is 1.46 bits per heavy atom.